The van der Waals surface area contributed by atoms with Gasteiger partial charge in [-0.1, -0.05) is 48.5 Å². The van der Waals surface area contributed by atoms with Gasteiger partial charge in [0, 0.05) is 17.2 Å². The van der Waals surface area contributed by atoms with Gasteiger partial charge in [0.15, 0.2) is 0 Å². The zero-order valence-electron chi connectivity index (χ0n) is 15.7. The van der Waals surface area contributed by atoms with Gasteiger partial charge >= 0.3 is 0 Å². The number of hydrogen-bond acceptors (Lipinski definition) is 5. The standard InChI is InChI=1S/C22H20N4O2/c1-15-20(22(27)26(25-15)14-16-8-4-3-5-9-16)21(17(12-23)13-24)18-10-6-7-11-19(18)28-2/h3-11,17,20-21H,14H2,1-2H3/t20-,21+/m1/s1. The predicted octanol–water partition coefficient (Wildman–Crippen LogP) is 3.48. The fourth-order valence-electron chi connectivity index (χ4n) is 3.61. The number of hydrazone groups is 1. The number of hydrogen-bond donors (Lipinski definition) is 0. The molecule has 3 rings (SSSR count). The molecule has 0 N–H and O–H groups in total. The Labute approximate surface area is 164 Å². The van der Waals surface area contributed by atoms with E-state index in [1.165, 1.54) is 12.1 Å². The van der Waals surface area contributed by atoms with Crippen LogP contribution in [-0.4, -0.2) is 23.7 Å². The molecule has 0 spiro atoms. The van der Waals surface area contributed by atoms with Gasteiger partial charge in [-0.3, -0.25) is 4.79 Å². The van der Waals surface area contributed by atoms with Gasteiger partial charge < -0.3 is 4.74 Å². The molecular weight excluding hydrogens is 352 g/mol. The van der Waals surface area contributed by atoms with Crippen molar-refractivity contribution in [2.75, 3.05) is 7.11 Å². The largest absolute Gasteiger partial charge is 0.496 e. The van der Waals surface area contributed by atoms with E-state index in [0.29, 0.717) is 23.6 Å². The lowest BCUT2D eigenvalue weighted by Gasteiger charge is -2.25. The Bertz CT molecular complexity index is 958. The summed E-state index contributed by atoms with van der Waals surface area (Å²) in [6.07, 6.45) is 0. The highest BCUT2D eigenvalue weighted by Crippen LogP contribution is 2.41. The molecule has 2 atom stereocenters. The molecule has 0 unspecified atom stereocenters. The third-order valence-electron chi connectivity index (χ3n) is 4.92. The van der Waals surface area contributed by atoms with Gasteiger partial charge in [-0.05, 0) is 18.6 Å². The van der Waals surface area contributed by atoms with E-state index in [2.05, 4.69) is 5.10 Å². The highest BCUT2D eigenvalue weighted by atomic mass is 16.5. The average molecular weight is 372 g/mol. The SMILES string of the molecule is COc1ccccc1[C@H](C(C#N)C#N)[C@@H]1C(=O)N(Cc2ccccc2)N=C1C. The molecule has 1 amide bonds. The predicted molar refractivity (Wildman–Crippen MR) is 104 cm³/mol. The van der Waals surface area contributed by atoms with E-state index >= 15 is 0 Å². The molecule has 0 saturated heterocycles. The van der Waals surface area contributed by atoms with Crippen LogP contribution < -0.4 is 4.74 Å². The summed E-state index contributed by atoms with van der Waals surface area (Å²) in [5, 5.41) is 25.0. The van der Waals surface area contributed by atoms with Crippen molar-refractivity contribution in [1.82, 2.24) is 5.01 Å². The number of methoxy groups -OCH3 is 1. The van der Waals surface area contributed by atoms with E-state index in [1.807, 2.05) is 54.6 Å². The summed E-state index contributed by atoms with van der Waals surface area (Å²) >= 11 is 0. The van der Waals surface area contributed by atoms with Crippen LogP contribution in [0.25, 0.3) is 0 Å². The summed E-state index contributed by atoms with van der Waals surface area (Å²) in [7, 11) is 1.53. The minimum Gasteiger partial charge on any atom is -0.496 e. The van der Waals surface area contributed by atoms with Crippen LogP contribution in [0.1, 0.15) is 24.0 Å². The molecule has 0 aliphatic carbocycles. The fraction of sp³-hybridized carbons (Fsp3) is 0.273. The van der Waals surface area contributed by atoms with Crippen LogP contribution in [0.2, 0.25) is 0 Å². The smallest absolute Gasteiger partial charge is 0.252 e. The Kier molecular flexibility index (Phi) is 5.72. The van der Waals surface area contributed by atoms with Gasteiger partial charge in [0.05, 0.1) is 31.7 Å². The van der Waals surface area contributed by atoms with Crippen molar-refractivity contribution < 1.29 is 9.53 Å². The van der Waals surface area contributed by atoms with Crippen LogP contribution in [0.5, 0.6) is 5.75 Å². The Morgan fingerprint density at radius 3 is 2.39 bits per heavy atom. The first-order valence-corrected chi connectivity index (χ1v) is 8.93. The van der Waals surface area contributed by atoms with Crippen LogP contribution in [0, 0.1) is 34.5 Å². The van der Waals surface area contributed by atoms with E-state index in [0.717, 1.165) is 5.56 Å². The molecule has 0 bridgehead atoms. The molecule has 1 aliphatic rings. The highest BCUT2D eigenvalue weighted by Gasteiger charge is 2.44. The minimum absolute atomic E-state index is 0.215. The molecule has 6 nitrogen and oxygen atoms in total. The highest BCUT2D eigenvalue weighted by molar-refractivity contribution is 6.07. The van der Waals surface area contributed by atoms with Gasteiger partial charge in [-0.2, -0.15) is 15.6 Å². The second-order valence-electron chi connectivity index (χ2n) is 6.60. The Morgan fingerprint density at radius 2 is 1.75 bits per heavy atom. The number of nitriles is 2. The molecule has 0 radical (unpaired) electrons. The van der Waals surface area contributed by atoms with Crippen LogP contribution in [-0.2, 0) is 11.3 Å². The van der Waals surface area contributed by atoms with E-state index in [1.54, 1.807) is 19.1 Å². The lowest BCUT2D eigenvalue weighted by molar-refractivity contribution is -0.133. The Hall–Kier alpha value is -3.64. The molecule has 140 valence electrons. The van der Waals surface area contributed by atoms with Gasteiger partial charge in [-0.15, -0.1) is 0 Å². The Morgan fingerprint density at radius 1 is 1.11 bits per heavy atom. The van der Waals surface area contributed by atoms with Crippen LogP contribution in [0.3, 0.4) is 0 Å². The van der Waals surface area contributed by atoms with E-state index in [4.69, 9.17) is 4.74 Å². The number of carbonyl (C=O) groups is 1. The second kappa shape index (κ2) is 8.37. The Balaban J connectivity index is 1.99. The minimum atomic E-state index is -1.01. The van der Waals surface area contributed by atoms with Crippen molar-refractivity contribution in [3.05, 3.63) is 65.7 Å². The molecule has 0 fully saturated rings. The van der Waals surface area contributed by atoms with Crippen molar-refractivity contribution >= 4 is 11.6 Å². The van der Waals surface area contributed by atoms with E-state index in [9.17, 15) is 15.3 Å². The number of rotatable bonds is 6. The van der Waals surface area contributed by atoms with Crippen molar-refractivity contribution in [1.29, 1.82) is 10.5 Å². The molecular formula is C22H20N4O2. The zero-order valence-corrected chi connectivity index (χ0v) is 15.7. The molecule has 6 heteroatoms. The number of ether oxygens (including phenoxy) is 1. The molecule has 2 aromatic carbocycles. The fourth-order valence-corrected chi connectivity index (χ4v) is 3.61. The maximum atomic E-state index is 13.2. The number of carbonyl (C=O) groups excluding carboxylic acids is 1. The first-order valence-electron chi connectivity index (χ1n) is 8.93. The summed E-state index contributed by atoms with van der Waals surface area (Å²) in [6.45, 7) is 2.11. The summed E-state index contributed by atoms with van der Waals surface area (Å²) in [5.74, 6) is -2.03. The molecule has 1 heterocycles. The molecule has 0 saturated carbocycles. The quantitative estimate of drug-likeness (QED) is 0.776. The number of benzene rings is 2. The first kappa shape index (κ1) is 19.1. The first-order chi connectivity index (χ1) is 13.6. The van der Waals surface area contributed by atoms with Crippen molar-refractivity contribution in [3.8, 4) is 17.9 Å². The van der Waals surface area contributed by atoms with Crippen LogP contribution in [0.15, 0.2) is 59.7 Å². The summed E-state index contributed by atoms with van der Waals surface area (Å²) in [6, 6.07) is 20.8. The van der Waals surface area contributed by atoms with Gasteiger partial charge in [0.2, 0.25) is 0 Å². The normalized spacial score (nSPS) is 17.0. The van der Waals surface area contributed by atoms with Crippen LogP contribution in [0.4, 0.5) is 0 Å². The maximum Gasteiger partial charge on any atom is 0.252 e. The second-order valence-corrected chi connectivity index (χ2v) is 6.60. The number of nitrogens with zero attached hydrogens (tertiary/aromatic N) is 4. The molecule has 2 aromatic rings. The van der Waals surface area contributed by atoms with Crippen molar-refractivity contribution in [2.24, 2.45) is 16.9 Å². The monoisotopic (exact) mass is 372 g/mol. The maximum absolute atomic E-state index is 13.2. The number of para-hydroxylation sites is 1. The number of amides is 1. The van der Waals surface area contributed by atoms with Crippen molar-refractivity contribution in [2.45, 2.75) is 19.4 Å². The average Bonchev–Trinajstić information content (AvgIpc) is 3.00. The van der Waals surface area contributed by atoms with Gasteiger partial charge in [0.1, 0.15) is 11.7 Å². The lowest BCUT2D eigenvalue weighted by atomic mass is 9.75. The molecule has 28 heavy (non-hydrogen) atoms. The molecule has 0 aromatic heterocycles. The summed E-state index contributed by atoms with van der Waals surface area (Å²) in [4.78, 5) is 13.2. The third-order valence-corrected chi connectivity index (χ3v) is 4.92. The van der Waals surface area contributed by atoms with Crippen molar-refractivity contribution in [3.63, 3.8) is 0 Å². The summed E-state index contributed by atoms with van der Waals surface area (Å²) < 4.78 is 5.43. The topological polar surface area (TPSA) is 89.5 Å². The van der Waals surface area contributed by atoms with E-state index in [-0.39, 0.29) is 5.91 Å². The van der Waals surface area contributed by atoms with Gasteiger partial charge in [-0.25, -0.2) is 5.01 Å². The third kappa shape index (κ3) is 3.58. The molecule has 1 aliphatic heterocycles. The van der Waals surface area contributed by atoms with Crippen LogP contribution >= 0.6 is 0 Å². The van der Waals surface area contributed by atoms with Gasteiger partial charge in [0.25, 0.3) is 5.91 Å². The lowest BCUT2D eigenvalue weighted by Crippen LogP contribution is -2.34. The summed E-state index contributed by atoms with van der Waals surface area (Å²) in [5.41, 5.74) is 2.21. The zero-order chi connectivity index (χ0) is 20.1. The van der Waals surface area contributed by atoms with E-state index < -0.39 is 17.8 Å².